The maximum atomic E-state index is 6.04. The standard InChI is InChI=1S/C16H19BO/c1-2-3-8-13-9-7-12-15(17)16(13)18-14-10-5-4-6-11-14/h4-7,9-12H,2-3,8,17H2,1H3. The first-order valence-electron chi connectivity index (χ1n) is 6.62. The molecule has 0 N–H and O–H groups in total. The summed E-state index contributed by atoms with van der Waals surface area (Å²) < 4.78 is 6.04. The molecule has 0 aliphatic carbocycles. The van der Waals surface area contributed by atoms with Gasteiger partial charge in [-0.1, -0.05) is 49.7 Å². The Morgan fingerprint density at radius 3 is 2.50 bits per heavy atom. The van der Waals surface area contributed by atoms with Crippen molar-refractivity contribution >= 4 is 13.3 Å². The zero-order chi connectivity index (χ0) is 12.8. The Kier molecular flexibility index (Phi) is 4.46. The molecule has 0 radical (unpaired) electrons. The third kappa shape index (κ3) is 3.16. The third-order valence-corrected chi connectivity index (χ3v) is 3.06. The van der Waals surface area contributed by atoms with Crippen molar-refractivity contribution in [2.75, 3.05) is 0 Å². The number of hydrogen-bond donors (Lipinski definition) is 0. The maximum absolute atomic E-state index is 6.04. The Hall–Kier alpha value is -1.70. The van der Waals surface area contributed by atoms with Crippen molar-refractivity contribution in [2.45, 2.75) is 26.2 Å². The van der Waals surface area contributed by atoms with Crippen molar-refractivity contribution in [1.82, 2.24) is 0 Å². The molecule has 0 aliphatic rings. The van der Waals surface area contributed by atoms with Crippen LogP contribution in [0.1, 0.15) is 25.3 Å². The van der Waals surface area contributed by atoms with Gasteiger partial charge < -0.3 is 4.74 Å². The molecule has 0 fully saturated rings. The molecule has 0 bridgehead atoms. The van der Waals surface area contributed by atoms with Gasteiger partial charge in [0, 0.05) is 0 Å². The van der Waals surface area contributed by atoms with Gasteiger partial charge in [0.1, 0.15) is 19.3 Å². The number of hydrogen-bond acceptors (Lipinski definition) is 1. The minimum absolute atomic E-state index is 0.907. The molecule has 1 nitrogen and oxygen atoms in total. The number of aryl methyl sites for hydroxylation is 1. The van der Waals surface area contributed by atoms with Gasteiger partial charge in [0.15, 0.2) is 0 Å². The average Bonchev–Trinajstić information content (AvgIpc) is 2.41. The Bertz CT molecular complexity index is 494. The number of ether oxygens (including phenoxy) is 1. The predicted molar refractivity (Wildman–Crippen MR) is 79.7 cm³/mol. The van der Waals surface area contributed by atoms with Gasteiger partial charge in [0.05, 0.1) is 0 Å². The second-order valence-corrected chi connectivity index (χ2v) is 4.58. The monoisotopic (exact) mass is 238 g/mol. The number of para-hydroxylation sites is 2. The lowest BCUT2D eigenvalue weighted by molar-refractivity contribution is 0.479. The number of rotatable bonds is 5. The van der Waals surface area contributed by atoms with E-state index in [1.807, 2.05) is 30.3 Å². The van der Waals surface area contributed by atoms with Crippen LogP contribution in [0.15, 0.2) is 48.5 Å². The van der Waals surface area contributed by atoms with Crippen LogP contribution >= 0.6 is 0 Å². The fourth-order valence-electron chi connectivity index (χ4n) is 2.03. The van der Waals surface area contributed by atoms with E-state index in [1.165, 1.54) is 23.9 Å². The first kappa shape index (κ1) is 12.8. The summed E-state index contributed by atoms with van der Waals surface area (Å²) in [7, 11) is 2.10. The molecular formula is C16H19BO. The van der Waals surface area contributed by atoms with Crippen molar-refractivity contribution in [2.24, 2.45) is 0 Å². The normalized spacial score (nSPS) is 10.3. The lowest BCUT2D eigenvalue weighted by atomic mass is 9.91. The summed E-state index contributed by atoms with van der Waals surface area (Å²) in [5.41, 5.74) is 2.51. The van der Waals surface area contributed by atoms with Gasteiger partial charge in [0.2, 0.25) is 0 Å². The fourth-order valence-corrected chi connectivity index (χ4v) is 2.03. The second kappa shape index (κ2) is 6.30. The van der Waals surface area contributed by atoms with Crippen LogP contribution in [-0.2, 0) is 6.42 Å². The first-order valence-corrected chi connectivity index (χ1v) is 6.62. The largest absolute Gasteiger partial charge is 0.458 e. The van der Waals surface area contributed by atoms with Crippen LogP contribution in [-0.4, -0.2) is 7.85 Å². The van der Waals surface area contributed by atoms with Crippen LogP contribution in [0, 0.1) is 0 Å². The van der Waals surface area contributed by atoms with Crippen LogP contribution < -0.4 is 10.2 Å². The van der Waals surface area contributed by atoms with Gasteiger partial charge in [-0.3, -0.25) is 0 Å². The van der Waals surface area contributed by atoms with Gasteiger partial charge in [-0.15, -0.1) is 0 Å². The molecule has 0 saturated carbocycles. The SMILES string of the molecule is Bc1cccc(CCCC)c1Oc1ccccc1. The minimum Gasteiger partial charge on any atom is -0.458 e. The van der Waals surface area contributed by atoms with E-state index in [1.54, 1.807) is 0 Å². The Labute approximate surface area is 110 Å². The minimum atomic E-state index is 0.907. The zero-order valence-electron chi connectivity index (χ0n) is 11.1. The Balaban J connectivity index is 2.25. The average molecular weight is 238 g/mol. The quantitative estimate of drug-likeness (QED) is 0.727. The van der Waals surface area contributed by atoms with Crippen LogP contribution in [0.2, 0.25) is 0 Å². The lowest BCUT2D eigenvalue weighted by Crippen LogP contribution is -2.09. The van der Waals surface area contributed by atoms with Crippen LogP contribution in [0.25, 0.3) is 0 Å². The highest BCUT2D eigenvalue weighted by atomic mass is 16.5. The highest BCUT2D eigenvalue weighted by Crippen LogP contribution is 2.24. The molecule has 0 atom stereocenters. The van der Waals surface area contributed by atoms with Crippen molar-refractivity contribution < 1.29 is 4.74 Å². The molecule has 0 amide bonds. The van der Waals surface area contributed by atoms with Gasteiger partial charge in [-0.25, -0.2) is 0 Å². The van der Waals surface area contributed by atoms with Crippen LogP contribution in [0.4, 0.5) is 0 Å². The summed E-state index contributed by atoms with van der Waals surface area (Å²) in [6.45, 7) is 2.22. The molecule has 2 aromatic rings. The second-order valence-electron chi connectivity index (χ2n) is 4.58. The summed E-state index contributed by atoms with van der Waals surface area (Å²) in [5, 5.41) is 0. The molecule has 2 rings (SSSR count). The Morgan fingerprint density at radius 1 is 1.00 bits per heavy atom. The van der Waals surface area contributed by atoms with E-state index in [0.717, 1.165) is 17.9 Å². The van der Waals surface area contributed by atoms with Gasteiger partial charge >= 0.3 is 0 Å². The van der Waals surface area contributed by atoms with Crippen molar-refractivity contribution in [3.63, 3.8) is 0 Å². The molecule has 0 aliphatic heterocycles. The molecule has 18 heavy (non-hydrogen) atoms. The van der Waals surface area contributed by atoms with E-state index in [-0.39, 0.29) is 0 Å². The molecule has 2 heteroatoms. The summed E-state index contributed by atoms with van der Waals surface area (Å²) in [6, 6.07) is 16.4. The van der Waals surface area contributed by atoms with E-state index >= 15 is 0 Å². The van der Waals surface area contributed by atoms with Crippen molar-refractivity contribution in [3.05, 3.63) is 54.1 Å². The summed E-state index contributed by atoms with van der Waals surface area (Å²) in [6.07, 6.45) is 3.49. The van der Waals surface area contributed by atoms with Crippen LogP contribution in [0.3, 0.4) is 0 Å². The maximum Gasteiger partial charge on any atom is 0.144 e. The molecular weight excluding hydrogens is 219 g/mol. The molecule has 0 unspecified atom stereocenters. The van der Waals surface area contributed by atoms with Gasteiger partial charge in [-0.2, -0.15) is 0 Å². The number of benzene rings is 2. The molecule has 0 heterocycles. The van der Waals surface area contributed by atoms with Crippen molar-refractivity contribution in [3.8, 4) is 11.5 Å². The highest BCUT2D eigenvalue weighted by Gasteiger charge is 2.07. The smallest absolute Gasteiger partial charge is 0.144 e. The van der Waals surface area contributed by atoms with E-state index < -0.39 is 0 Å². The van der Waals surface area contributed by atoms with Crippen LogP contribution in [0.5, 0.6) is 11.5 Å². The van der Waals surface area contributed by atoms with E-state index in [0.29, 0.717) is 0 Å². The fraction of sp³-hybridized carbons (Fsp3) is 0.250. The molecule has 0 saturated heterocycles. The summed E-state index contributed by atoms with van der Waals surface area (Å²) in [4.78, 5) is 0. The summed E-state index contributed by atoms with van der Waals surface area (Å²) >= 11 is 0. The molecule has 0 spiro atoms. The van der Waals surface area contributed by atoms with Gasteiger partial charge in [0.25, 0.3) is 0 Å². The van der Waals surface area contributed by atoms with E-state index in [4.69, 9.17) is 4.74 Å². The molecule has 0 aromatic heterocycles. The third-order valence-electron chi connectivity index (χ3n) is 3.06. The molecule has 92 valence electrons. The topological polar surface area (TPSA) is 9.23 Å². The molecule has 2 aromatic carbocycles. The predicted octanol–water partition coefficient (Wildman–Crippen LogP) is 3.08. The zero-order valence-corrected chi connectivity index (χ0v) is 11.1. The highest BCUT2D eigenvalue weighted by molar-refractivity contribution is 6.34. The van der Waals surface area contributed by atoms with Crippen molar-refractivity contribution in [1.29, 1.82) is 0 Å². The van der Waals surface area contributed by atoms with E-state index in [9.17, 15) is 0 Å². The van der Waals surface area contributed by atoms with Gasteiger partial charge in [-0.05, 0) is 36.0 Å². The Morgan fingerprint density at radius 2 is 1.78 bits per heavy atom. The summed E-state index contributed by atoms with van der Waals surface area (Å²) in [5.74, 6) is 1.93. The van der Waals surface area contributed by atoms with E-state index in [2.05, 4.69) is 33.0 Å². The number of unbranched alkanes of at least 4 members (excludes halogenated alkanes) is 1. The first-order chi connectivity index (χ1) is 8.81. The lowest BCUT2D eigenvalue weighted by Gasteiger charge is -2.13.